The largest absolute Gasteiger partial charge is 0.465 e. The fourth-order valence-electron chi connectivity index (χ4n) is 1.34. The van der Waals surface area contributed by atoms with Crippen LogP contribution in [0.1, 0.15) is 17.9 Å². The summed E-state index contributed by atoms with van der Waals surface area (Å²) >= 11 is 0. The third-order valence-corrected chi connectivity index (χ3v) is 1.94. The van der Waals surface area contributed by atoms with Gasteiger partial charge in [0.25, 0.3) is 0 Å². The van der Waals surface area contributed by atoms with Crippen molar-refractivity contribution in [2.75, 3.05) is 13.6 Å². The highest BCUT2D eigenvalue weighted by Crippen LogP contribution is 2.08. The number of rotatable bonds is 5. The van der Waals surface area contributed by atoms with E-state index in [9.17, 15) is 4.79 Å². The number of nitrogens with zero attached hydrogens (tertiary/aromatic N) is 2. The molecule has 1 aromatic heterocycles. The summed E-state index contributed by atoms with van der Waals surface area (Å²) in [7, 11) is 1.83. The maximum atomic E-state index is 11.2. The summed E-state index contributed by atoms with van der Waals surface area (Å²) in [6.45, 7) is 2.75. The van der Waals surface area contributed by atoms with Crippen LogP contribution in [-0.2, 0) is 11.3 Å². The normalized spacial score (nSPS) is 10.3. The number of Topliss-reactive ketones (excluding diaryl/α,β-unsaturated/α-hetero) is 1. The molecule has 0 N–H and O–H groups in total. The molecule has 0 fully saturated rings. The molecule has 0 atom stereocenters. The smallest absolute Gasteiger partial charge is 0.160 e. The van der Waals surface area contributed by atoms with Crippen LogP contribution in [0.2, 0.25) is 0 Å². The average molecular weight is 206 g/mol. The molecule has 0 aromatic carbocycles. The van der Waals surface area contributed by atoms with Gasteiger partial charge >= 0.3 is 0 Å². The highest BCUT2D eigenvalue weighted by atomic mass is 16.3. The van der Waals surface area contributed by atoms with Crippen LogP contribution in [0, 0.1) is 18.3 Å². The minimum atomic E-state index is -0.0664. The molecule has 0 aliphatic carbocycles. The lowest BCUT2D eigenvalue weighted by molar-refractivity contribution is -0.119. The molecule has 0 radical (unpaired) electrons. The molecular weight excluding hydrogens is 192 g/mol. The van der Waals surface area contributed by atoms with Crippen molar-refractivity contribution in [3.8, 4) is 6.07 Å². The van der Waals surface area contributed by atoms with E-state index < -0.39 is 0 Å². The van der Waals surface area contributed by atoms with Gasteiger partial charge in [0.1, 0.15) is 11.5 Å². The number of carbonyl (C=O) groups is 1. The minimum Gasteiger partial charge on any atom is -0.465 e. The lowest BCUT2D eigenvalue weighted by Crippen LogP contribution is -2.24. The van der Waals surface area contributed by atoms with Crippen LogP contribution in [0.3, 0.4) is 0 Å². The zero-order valence-electron chi connectivity index (χ0n) is 8.99. The van der Waals surface area contributed by atoms with Gasteiger partial charge in [-0.3, -0.25) is 9.69 Å². The molecular formula is C11H14N2O2. The fraction of sp³-hybridized carbons (Fsp3) is 0.455. The molecule has 0 bridgehead atoms. The van der Waals surface area contributed by atoms with Crippen LogP contribution in [0.15, 0.2) is 16.5 Å². The Morgan fingerprint density at radius 3 is 2.87 bits per heavy atom. The van der Waals surface area contributed by atoms with Crippen LogP contribution in [0.25, 0.3) is 0 Å². The summed E-state index contributed by atoms with van der Waals surface area (Å²) < 4.78 is 5.38. The first kappa shape index (κ1) is 11.5. The van der Waals surface area contributed by atoms with Gasteiger partial charge in [0.2, 0.25) is 0 Å². The summed E-state index contributed by atoms with van der Waals surface area (Å²) in [5.41, 5.74) is 0. The predicted octanol–water partition coefficient (Wildman–Crippen LogP) is 1.50. The van der Waals surface area contributed by atoms with Gasteiger partial charge in [-0.15, -0.1) is 0 Å². The Kier molecular flexibility index (Phi) is 4.07. The Morgan fingerprint density at radius 2 is 2.33 bits per heavy atom. The Labute approximate surface area is 89.1 Å². The van der Waals surface area contributed by atoms with Gasteiger partial charge in [-0.2, -0.15) is 5.26 Å². The molecule has 0 saturated carbocycles. The van der Waals surface area contributed by atoms with Gasteiger partial charge in [0.15, 0.2) is 5.78 Å². The number of ketones is 1. The number of carbonyl (C=O) groups excluding carboxylic acids is 1. The average Bonchev–Trinajstić information content (AvgIpc) is 2.51. The number of hydrogen-bond donors (Lipinski definition) is 0. The molecule has 0 amide bonds. The fourth-order valence-corrected chi connectivity index (χ4v) is 1.34. The quantitative estimate of drug-likeness (QED) is 0.732. The van der Waals surface area contributed by atoms with Crippen molar-refractivity contribution in [1.29, 1.82) is 5.26 Å². The van der Waals surface area contributed by atoms with E-state index in [2.05, 4.69) is 0 Å². The topological polar surface area (TPSA) is 57.2 Å². The molecule has 0 saturated heterocycles. The van der Waals surface area contributed by atoms with Gasteiger partial charge in [-0.1, -0.05) is 0 Å². The monoisotopic (exact) mass is 206 g/mol. The van der Waals surface area contributed by atoms with Crippen molar-refractivity contribution in [1.82, 2.24) is 4.90 Å². The molecule has 4 nitrogen and oxygen atoms in total. The lowest BCUT2D eigenvalue weighted by atomic mass is 10.3. The first-order valence-electron chi connectivity index (χ1n) is 4.74. The number of hydrogen-bond acceptors (Lipinski definition) is 4. The van der Waals surface area contributed by atoms with Crippen molar-refractivity contribution >= 4 is 5.78 Å². The van der Waals surface area contributed by atoms with E-state index in [0.29, 0.717) is 6.54 Å². The minimum absolute atomic E-state index is 0.0263. The van der Waals surface area contributed by atoms with Gasteiger partial charge in [-0.05, 0) is 26.1 Å². The maximum absolute atomic E-state index is 11.2. The van der Waals surface area contributed by atoms with Crippen molar-refractivity contribution in [2.45, 2.75) is 19.9 Å². The zero-order chi connectivity index (χ0) is 11.3. The Balaban J connectivity index is 2.40. The molecule has 80 valence electrons. The van der Waals surface area contributed by atoms with Crippen molar-refractivity contribution in [3.05, 3.63) is 23.7 Å². The summed E-state index contributed by atoms with van der Waals surface area (Å²) in [6.07, 6.45) is -0.0263. The van der Waals surface area contributed by atoms with E-state index in [-0.39, 0.29) is 18.7 Å². The predicted molar refractivity (Wildman–Crippen MR) is 55.0 cm³/mol. The summed E-state index contributed by atoms with van der Waals surface area (Å²) in [4.78, 5) is 13.0. The van der Waals surface area contributed by atoms with Crippen molar-refractivity contribution < 1.29 is 9.21 Å². The van der Waals surface area contributed by atoms with Crippen LogP contribution in [0.4, 0.5) is 0 Å². The van der Waals surface area contributed by atoms with Crippen LogP contribution in [-0.4, -0.2) is 24.3 Å². The second-order valence-electron chi connectivity index (χ2n) is 3.56. The van der Waals surface area contributed by atoms with Crippen LogP contribution in [0.5, 0.6) is 0 Å². The Hall–Kier alpha value is -1.60. The van der Waals surface area contributed by atoms with E-state index in [1.54, 1.807) is 0 Å². The molecule has 0 spiro atoms. The molecule has 1 heterocycles. The summed E-state index contributed by atoms with van der Waals surface area (Å²) in [6, 6.07) is 5.62. The van der Waals surface area contributed by atoms with Crippen molar-refractivity contribution in [3.63, 3.8) is 0 Å². The van der Waals surface area contributed by atoms with Gasteiger partial charge in [-0.25, -0.2) is 0 Å². The second kappa shape index (κ2) is 5.32. The van der Waals surface area contributed by atoms with E-state index in [1.165, 1.54) is 0 Å². The first-order valence-corrected chi connectivity index (χ1v) is 4.74. The van der Waals surface area contributed by atoms with Crippen LogP contribution >= 0.6 is 0 Å². The number of aryl methyl sites for hydroxylation is 1. The number of nitriles is 1. The van der Waals surface area contributed by atoms with E-state index >= 15 is 0 Å². The molecule has 4 heteroatoms. The highest BCUT2D eigenvalue weighted by molar-refractivity contribution is 5.82. The summed E-state index contributed by atoms with van der Waals surface area (Å²) in [5, 5.41) is 8.33. The summed E-state index contributed by atoms with van der Waals surface area (Å²) in [5.74, 6) is 1.63. The second-order valence-corrected chi connectivity index (χ2v) is 3.56. The van der Waals surface area contributed by atoms with E-state index in [0.717, 1.165) is 11.5 Å². The third kappa shape index (κ3) is 3.96. The van der Waals surface area contributed by atoms with Crippen molar-refractivity contribution in [2.24, 2.45) is 0 Å². The third-order valence-electron chi connectivity index (χ3n) is 1.94. The Morgan fingerprint density at radius 1 is 1.60 bits per heavy atom. The van der Waals surface area contributed by atoms with E-state index in [4.69, 9.17) is 9.68 Å². The van der Waals surface area contributed by atoms with Gasteiger partial charge < -0.3 is 4.42 Å². The highest BCUT2D eigenvalue weighted by Gasteiger charge is 2.08. The molecule has 1 rings (SSSR count). The standard InChI is InChI=1S/C11H14N2O2/c1-9-3-4-11(15-9)8-13(2)7-10(14)5-6-12/h3-4H,5,7-8H2,1-2H3. The first-order chi connectivity index (χ1) is 7.11. The van der Waals surface area contributed by atoms with Gasteiger partial charge in [0, 0.05) is 0 Å². The van der Waals surface area contributed by atoms with Crippen LogP contribution < -0.4 is 0 Å². The molecule has 0 aliphatic heterocycles. The SMILES string of the molecule is Cc1ccc(CN(C)CC(=O)CC#N)o1. The molecule has 15 heavy (non-hydrogen) atoms. The molecule has 0 unspecified atom stereocenters. The molecule has 1 aromatic rings. The van der Waals surface area contributed by atoms with E-state index in [1.807, 2.05) is 37.1 Å². The van der Waals surface area contributed by atoms with Gasteiger partial charge in [0.05, 0.1) is 25.6 Å². The molecule has 0 aliphatic rings. The lowest BCUT2D eigenvalue weighted by Gasteiger charge is -2.12. The number of furan rings is 1. The number of likely N-dealkylation sites (N-methyl/N-ethyl adjacent to an activating group) is 1. The zero-order valence-corrected chi connectivity index (χ0v) is 8.99. The Bertz CT molecular complexity index is 376. The maximum Gasteiger partial charge on any atom is 0.160 e.